The third-order valence-electron chi connectivity index (χ3n) is 3.86. The summed E-state index contributed by atoms with van der Waals surface area (Å²) >= 11 is 0. The lowest BCUT2D eigenvalue weighted by atomic mass is 10.2. The van der Waals surface area contributed by atoms with E-state index in [1.165, 1.54) is 6.33 Å². The van der Waals surface area contributed by atoms with E-state index in [9.17, 15) is 4.39 Å². The standard InChI is InChI=1S/C13H14FN7O/c1-7-18-13(22-19-7)10-3-8(14)5-21(10)12-9-4-17-20(2)11(9)15-6-16-12/h4,6,8,10H,3,5H2,1-2H3/t8-,10-/m1/s1. The third kappa shape index (κ3) is 1.92. The van der Waals surface area contributed by atoms with Gasteiger partial charge >= 0.3 is 0 Å². The number of alkyl halides is 1. The van der Waals surface area contributed by atoms with E-state index in [1.54, 1.807) is 24.9 Å². The zero-order valence-electron chi connectivity index (χ0n) is 12.1. The summed E-state index contributed by atoms with van der Waals surface area (Å²) in [6.07, 6.45) is 2.47. The molecule has 0 N–H and O–H groups in total. The van der Waals surface area contributed by atoms with E-state index in [1.807, 2.05) is 4.90 Å². The second-order valence-corrected chi connectivity index (χ2v) is 5.38. The summed E-state index contributed by atoms with van der Waals surface area (Å²) in [6, 6.07) is -0.325. The van der Waals surface area contributed by atoms with Crippen molar-refractivity contribution in [2.75, 3.05) is 11.4 Å². The summed E-state index contributed by atoms with van der Waals surface area (Å²) in [5, 5.41) is 8.77. The summed E-state index contributed by atoms with van der Waals surface area (Å²) in [6.45, 7) is 1.97. The highest BCUT2D eigenvalue weighted by molar-refractivity contribution is 5.86. The minimum absolute atomic E-state index is 0.229. The molecule has 0 bridgehead atoms. The Hall–Kier alpha value is -2.58. The molecular formula is C13H14FN7O. The molecule has 9 heteroatoms. The monoisotopic (exact) mass is 303 g/mol. The Kier molecular flexibility index (Phi) is 2.81. The van der Waals surface area contributed by atoms with Gasteiger partial charge in [-0.05, 0) is 6.92 Å². The van der Waals surface area contributed by atoms with Crippen molar-refractivity contribution < 1.29 is 8.91 Å². The first-order valence-corrected chi connectivity index (χ1v) is 6.97. The van der Waals surface area contributed by atoms with E-state index in [-0.39, 0.29) is 12.6 Å². The molecular weight excluding hydrogens is 289 g/mol. The summed E-state index contributed by atoms with van der Waals surface area (Å²) in [4.78, 5) is 14.6. The van der Waals surface area contributed by atoms with Crippen LogP contribution in [0.15, 0.2) is 17.0 Å². The van der Waals surface area contributed by atoms with Gasteiger partial charge in [0.1, 0.15) is 24.4 Å². The van der Waals surface area contributed by atoms with Crippen molar-refractivity contribution in [2.45, 2.75) is 25.6 Å². The summed E-state index contributed by atoms with van der Waals surface area (Å²) < 4.78 is 20.9. The predicted octanol–water partition coefficient (Wildman–Crippen LogP) is 1.34. The quantitative estimate of drug-likeness (QED) is 0.706. The molecule has 1 fully saturated rings. The molecule has 3 aromatic heterocycles. The van der Waals surface area contributed by atoms with Gasteiger partial charge in [0.15, 0.2) is 11.5 Å². The molecule has 0 radical (unpaired) electrons. The van der Waals surface area contributed by atoms with E-state index in [4.69, 9.17) is 4.52 Å². The highest BCUT2D eigenvalue weighted by Gasteiger charge is 2.38. The number of aryl methyl sites for hydroxylation is 2. The molecule has 0 amide bonds. The lowest BCUT2D eigenvalue weighted by Crippen LogP contribution is -2.25. The molecule has 0 aliphatic carbocycles. The Morgan fingerprint density at radius 2 is 2.23 bits per heavy atom. The third-order valence-corrected chi connectivity index (χ3v) is 3.86. The summed E-state index contributed by atoms with van der Waals surface area (Å²) in [5.41, 5.74) is 0.702. The van der Waals surface area contributed by atoms with Crippen LogP contribution in [0, 0.1) is 6.92 Å². The minimum Gasteiger partial charge on any atom is -0.341 e. The van der Waals surface area contributed by atoms with Gasteiger partial charge in [0.2, 0.25) is 5.89 Å². The van der Waals surface area contributed by atoms with Gasteiger partial charge < -0.3 is 9.42 Å². The first kappa shape index (κ1) is 13.1. The zero-order chi connectivity index (χ0) is 15.3. The van der Waals surface area contributed by atoms with Crippen LogP contribution in [0.1, 0.15) is 24.2 Å². The van der Waals surface area contributed by atoms with Crippen LogP contribution in [0.5, 0.6) is 0 Å². The number of rotatable bonds is 2. The van der Waals surface area contributed by atoms with Crippen LogP contribution in [0.4, 0.5) is 10.2 Å². The van der Waals surface area contributed by atoms with Crippen molar-refractivity contribution in [3.05, 3.63) is 24.2 Å². The van der Waals surface area contributed by atoms with Crippen molar-refractivity contribution >= 4 is 16.9 Å². The lowest BCUT2D eigenvalue weighted by Gasteiger charge is -2.22. The van der Waals surface area contributed by atoms with Crippen molar-refractivity contribution in [1.29, 1.82) is 0 Å². The maximum Gasteiger partial charge on any atom is 0.249 e. The molecule has 4 heterocycles. The van der Waals surface area contributed by atoms with E-state index in [0.29, 0.717) is 29.6 Å². The number of hydrogen-bond acceptors (Lipinski definition) is 7. The fourth-order valence-electron chi connectivity index (χ4n) is 2.88. The van der Waals surface area contributed by atoms with Crippen LogP contribution in [-0.4, -0.2) is 42.6 Å². The zero-order valence-corrected chi connectivity index (χ0v) is 12.1. The van der Waals surface area contributed by atoms with Gasteiger partial charge in [-0.3, -0.25) is 4.68 Å². The maximum atomic E-state index is 14.0. The Morgan fingerprint density at radius 3 is 3.00 bits per heavy atom. The largest absolute Gasteiger partial charge is 0.341 e. The van der Waals surface area contributed by atoms with Crippen LogP contribution >= 0.6 is 0 Å². The van der Waals surface area contributed by atoms with Crippen molar-refractivity contribution in [2.24, 2.45) is 7.05 Å². The van der Waals surface area contributed by atoms with Crippen LogP contribution in [-0.2, 0) is 7.05 Å². The molecule has 0 unspecified atom stereocenters. The molecule has 1 aliphatic heterocycles. The Balaban J connectivity index is 1.81. The highest BCUT2D eigenvalue weighted by atomic mass is 19.1. The Bertz CT molecular complexity index is 829. The number of hydrogen-bond donors (Lipinski definition) is 0. The van der Waals surface area contributed by atoms with E-state index < -0.39 is 6.17 Å². The normalized spacial score (nSPS) is 21.9. The van der Waals surface area contributed by atoms with Gasteiger partial charge in [0, 0.05) is 13.5 Å². The second-order valence-electron chi connectivity index (χ2n) is 5.38. The molecule has 3 aromatic rings. The molecule has 1 aliphatic rings. The molecule has 2 atom stereocenters. The number of fused-ring (bicyclic) bond motifs is 1. The van der Waals surface area contributed by atoms with Crippen LogP contribution in [0.25, 0.3) is 11.0 Å². The number of anilines is 1. The molecule has 0 aromatic carbocycles. The molecule has 114 valence electrons. The van der Waals surface area contributed by atoms with Crippen molar-refractivity contribution in [3.63, 3.8) is 0 Å². The second kappa shape index (κ2) is 4.72. The van der Waals surface area contributed by atoms with Crippen molar-refractivity contribution in [1.82, 2.24) is 29.9 Å². The molecule has 0 spiro atoms. The first-order chi connectivity index (χ1) is 10.6. The van der Waals surface area contributed by atoms with E-state index in [2.05, 4.69) is 25.2 Å². The lowest BCUT2D eigenvalue weighted by molar-refractivity contribution is 0.325. The topological polar surface area (TPSA) is 85.8 Å². The molecule has 8 nitrogen and oxygen atoms in total. The van der Waals surface area contributed by atoms with E-state index >= 15 is 0 Å². The minimum atomic E-state index is -0.973. The SMILES string of the molecule is Cc1noc([C@H]2C[C@@H](F)CN2c2ncnc3c2cnn3C)n1. The number of nitrogens with zero attached hydrogens (tertiary/aromatic N) is 7. The molecule has 22 heavy (non-hydrogen) atoms. The number of halogens is 1. The fraction of sp³-hybridized carbons (Fsp3) is 0.462. The van der Waals surface area contributed by atoms with Crippen LogP contribution < -0.4 is 4.90 Å². The van der Waals surface area contributed by atoms with Gasteiger partial charge in [-0.25, -0.2) is 14.4 Å². The molecule has 4 rings (SSSR count). The smallest absolute Gasteiger partial charge is 0.249 e. The van der Waals surface area contributed by atoms with Gasteiger partial charge in [0.25, 0.3) is 0 Å². The number of aromatic nitrogens is 6. The average Bonchev–Trinajstić information content (AvgIpc) is 3.18. The van der Waals surface area contributed by atoms with Gasteiger partial charge in [0.05, 0.1) is 18.1 Å². The fourth-order valence-corrected chi connectivity index (χ4v) is 2.88. The van der Waals surface area contributed by atoms with Gasteiger partial charge in [-0.2, -0.15) is 10.1 Å². The Labute approximate surface area is 125 Å². The van der Waals surface area contributed by atoms with Crippen LogP contribution in [0.2, 0.25) is 0 Å². The predicted molar refractivity (Wildman–Crippen MR) is 74.9 cm³/mol. The summed E-state index contributed by atoms with van der Waals surface area (Å²) in [7, 11) is 1.81. The molecule has 0 saturated carbocycles. The first-order valence-electron chi connectivity index (χ1n) is 6.97. The maximum absolute atomic E-state index is 14.0. The molecule has 1 saturated heterocycles. The van der Waals surface area contributed by atoms with Crippen molar-refractivity contribution in [3.8, 4) is 0 Å². The van der Waals surface area contributed by atoms with E-state index in [0.717, 1.165) is 5.39 Å². The van der Waals surface area contributed by atoms with Crippen LogP contribution in [0.3, 0.4) is 0 Å². The van der Waals surface area contributed by atoms with Gasteiger partial charge in [-0.15, -0.1) is 0 Å². The average molecular weight is 303 g/mol. The highest BCUT2D eigenvalue weighted by Crippen LogP contribution is 2.38. The summed E-state index contributed by atoms with van der Waals surface area (Å²) in [5.74, 6) is 1.58. The Morgan fingerprint density at radius 1 is 1.36 bits per heavy atom. The van der Waals surface area contributed by atoms with Gasteiger partial charge in [-0.1, -0.05) is 5.16 Å².